The quantitative estimate of drug-likeness (QED) is 0.672. The van der Waals surface area contributed by atoms with Crippen LogP contribution in [0.4, 0.5) is 5.69 Å². The minimum Gasteiger partial charge on any atom is -0.434 e. The van der Waals surface area contributed by atoms with Gasteiger partial charge in [-0.3, -0.25) is 10.1 Å². The molecule has 20 heavy (non-hydrogen) atoms. The third-order valence-corrected chi connectivity index (χ3v) is 2.51. The van der Waals surface area contributed by atoms with Crippen LogP contribution in [0.5, 0.6) is 11.6 Å². The summed E-state index contributed by atoms with van der Waals surface area (Å²) in [4.78, 5) is 14.1. The van der Waals surface area contributed by atoms with E-state index in [1.165, 1.54) is 6.20 Å². The van der Waals surface area contributed by atoms with Gasteiger partial charge in [-0.05, 0) is 17.7 Å². The van der Waals surface area contributed by atoms with Crippen molar-refractivity contribution in [3.05, 3.63) is 57.8 Å². The molecule has 0 aliphatic carbocycles. The number of hydrogen-bond donors (Lipinski definition) is 1. The molecule has 0 aliphatic heterocycles. The third-order valence-electron chi connectivity index (χ3n) is 2.51. The highest BCUT2D eigenvalue weighted by Gasteiger charge is 2.18. The summed E-state index contributed by atoms with van der Waals surface area (Å²) in [6, 6.07) is 9.77. The second kappa shape index (κ2) is 5.77. The van der Waals surface area contributed by atoms with Crippen LogP contribution >= 0.6 is 0 Å². The maximum Gasteiger partial charge on any atom is 0.332 e. The number of benzene rings is 1. The molecular formula is C13H10N4O3. The largest absolute Gasteiger partial charge is 0.434 e. The van der Waals surface area contributed by atoms with E-state index in [0.717, 1.165) is 11.6 Å². The molecule has 0 spiro atoms. The average molecular weight is 270 g/mol. The number of pyridine rings is 1. The molecule has 100 valence electrons. The molecule has 0 radical (unpaired) electrons. The fourth-order valence-corrected chi connectivity index (χ4v) is 1.56. The van der Waals surface area contributed by atoms with Crippen LogP contribution < -0.4 is 10.5 Å². The first-order valence-electron chi connectivity index (χ1n) is 5.65. The van der Waals surface area contributed by atoms with Crippen LogP contribution in [0.15, 0.2) is 36.5 Å². The fourth-order valence-electron chi connectivity index (χ4n) is 1.56. The van der Waals surface area contributed by atoms with E-state index in [4.69, 9.17) is 15.7 Å². The first-order valence-corrected chi connectivity index (χ1v) is 5.65. The zero-order valence-electron chi connectivity index (χ0n) is 10.3. The Labute approximate surface area is 114 Å². The average Bonchev–Trinajstić information content (AvgIpc) is 2.47. The smallest absolute Gasteiger partial charge is 0.332 e. The summed E-state index contributed by atoms with van der Waals surface area (Å²) in [5.41, 5.74) is 6.08. The van der Waals surface area contributed by atoms with Crippen LogP contribution in [0.3, 0.4) is 0 Å². The first kappa shape index (κ1) is 13.5. The van der Waals surface area contributed by atoms with Crippen molar-refractivity contribution in [3.63, 3.8) is 0 Å². The summed E-state index contributed by atoms with van der Waals surface area (Å²) >= 11 is 0. The van der Waals surface area contributed by atoms with Crippen molar-refractivity contribution in [2.24, 2.45) is 5.73 Å². The summed E-state index contributed by atoms with van der Waals surface area (Å²) in [6.45, 7) is 0.333. The van der Waals surface area contributed by atoms with Gasteiger partial charge in [-0.15, -0.1) is 0 Å². The minimum absolute atomic E-state index is 0.0970. The summed E-state index contributed by atoms with van der Waals surface area (Å²) in [7, 11) is 0. The predicted molar refractivity (Wildman–Crippen MR) is 70.0 cm³/mol. The van der Waals surface area contributed by atoms with Gasteiger partial charge in [0.1, 0.15) is 11.8 Å². The molecule has 2 rings (SSSR count). The number of rotatable bonds is 4. The summed E-state index contributed by atoms with van der Waals surface area (Å²) < 4.78 is 5.40. The van der Waals surface area contributed by atoms with Crippen LogP contribution in [0.1, 0.15) is 11.1 Å². The molecule has 0 saturated carbocycles. The monoisotopic (exact) mass is 270 g/mol. The van der Waals surface area contributed by atoms with E-state index in [1.807, 2.05) is 6.07 Å². The number of nitro groups is 1. The molecule has 0 amide bonds. The number of ether oxygens (including phenoxy) is 1. The summed E-state index contributed by atoms with van der Waals surface area (Å²) in [6.07, 6.45) is 1.22. The van der Waals surface area contributed by atoms with E-state index in [-0.39, 0.29) is 17.1 Å². The lowest BCUT2D eigenvalue weighted by molar-refractivity contribution is -0.386. The van der Waals surface area contributed by atoms with E-state index in [2.05, 4.69) is 4.98 Å². The van der Waals surface area contributed by atoms with E-state index >= 15 is 0 Å². The second-order valence-electron chi connectivity index (χ2n) is 3.87. The van der Waals surface area contributed by atoms with Crippen LogP contribution in [-0.2, 0) is 6.54 Å². The van der Waals surface area contributed by atoms with Crippen molar-refractivity contribution >= 4 is 5.69 Å². The van der Waals surface area contributed by atoms with E-state index < -0.39 is 4.92 Å². The first-order chi connectivity index (χ1) is 9.63. The molecule has 7 nitrogen and oxygen atoms in total. The van der Waals surface area contributed by atoms with Gasteiger partial charge >= 0.3 is 5.69 Å². The van der Waals surface area contributed by atoms with Gasteiger partial charge < -0.3 is 10.5 Å². The zero-order chi connectivity index (χ0) is 14.5. The molecule has 0 atom stereocenters. The van der Waals surface area contributed by atoms with Crippen molar-refractivity contribution in [1.29, 1.82) is 5.26 Å². The van der Waals surface area contributed by atoms with E-state index in [1.54, 1.807) is 24.3 Å². The maximum absolute atomic E-state index is 11.0. The molecule has 0 unspecified atom stereocenters. The molecule has 2 N–H and O–H groups in total. The highest BCUT2D eigenvalue weighted by Crippen LogP contribution is 2.29. The van der Waals surface area contributed by atoms with Gasteiger partial charge in [0.2, 0.25) is 0 Å². The van der Waals surface area contributed by atoms with E-state index in [9.17, 15) is 10.1 Å². The number of aromatic nitrogens is 1. The normalized spacial score (nSPS) is 9.80. The maximum atomic E-state index is 11.0. The van der Waals surface area contributed by atoms with Crippen molar-refractivity contribution in [1.82, 2.24) is 4.98 Å². The molecule has 1 heterocycles. The van der Waals surface area contributed by atoms with Gasteiger partial charge in [0.15, 0.2) is 0 Å². The second-order valence-corrected chi connectivity index (χ2v) is 3.87. The van der Waals surface area contributed by atoms with Crippen LogP contribution in [-0.4, -0.2) is 9.91 Å². The van der Waals surface area contributed by atoms with Crippen molar-refractivity contribution in [2.75, 3.05) is 0 Å². The zero-order valence-corrected chi connectivity index (χ0v) is 10.3. The van der Waals surface area contributed by atoms with E-state index in [0.29, 0.717) is 12.3 Å². The molecule has 2 aromatic rings. The highest BCUT2D eigenvalue weighted by atomic mass is 16.6. The van der Waals surface area contributed by atoms with Crippen LogP contribution in [0.2, 0.25) is 0 Å². The van der Waals surface area contributed by atoms with Gasteiger partial charge in [-0.2, -0.15) is 5.26 Å². The Bertz CT molecular complexity index is 694. The molecule has 7 heteroatoms. The number of nitrogens with two attached hydrogens (primary N) is 1. The Hall–Kier alpha value is -2.98. The molecule has 1 aromatic heterocycles. The summed E-state index contributed by atoms with van der Waals surface area (Å²) in [5.74, 6) is 0.233. The SMILES string of the molecule is N#Cc1cnc(Oc2cccc(CN)c2)c([N+](=O)[O-])c1. The lowest BCUT2D eigenvalue weighted by atomic mass is 10.2. The molecule has 0 saturated heterocycles. The Kier molecular flexibility index (Phi) is 3.88. The number of nitriles is 1. The lowest BCUT2D eigenvalue weighted by Gasteiger charge is -2.06. The van der Waals surface area contributed by atoms with Crippen LogP contribution in [0.25, 0.3) is 0 Å². The predicted octanol–water partition coefficient (Wildman–Crippen LogP) is 2.11. The Balaban J connectivity index is 2.37. The van der Waals surface area contributed by atoms with Crippen molar-refractivity contribution < 1.29 is 9.66 Å². The van der Waals surface area contributed by atoms with Gasteiger partial charge in [0.05, 0.1) is 10.5 Å². The lowest BCUT2D eigenvalue weighted by Crippen LogP contribution is -1.99. The third kappa shape index (κ3) is 2.88. The summed E-state index contributed by atoms with van der Waals surface area (Å²) in [5, 5.41) is 19.7. The molecule has 0 aliphatic rings. The van der Waals surface area contributed by atoms with Crippen LogP contribution in [0, 0.1) is 21.4 Å². The van der Waals surface area contributed by atoms with Crippen molar-refractivity contribution in [3.8, 4) is 17.7 Å². The fraction of sp³-hybridized carbons (Fsp3) is 0.0769. The molecule has 0 bridgehead atoms. The van der Waals surface area contributed by atoms with Gasteiger partial charge in [0, 0.05) is 18.8 Å². The minimum atomic E-state index is -0.643. The number of hydrogen-bond acceptors (Lipinski definition) is 6. The van der Waals surface area contributed by atoms with Gasteiger partial charge in [-0.25, -0.2) is 4.98 Å². The molecule has 0 fully saturated rings. The molecule has 1 aromatic carbocycles. The van der Waals surface area contributed by atoms with Crippen molar-refractivity contribution in [2.45, 2.75) is 6.54 Å². The topological polar surface area (TPSA) is 115 Å². The Morgan fingerprint density at radius 2 is 2.25 bits per heavy atom. The highest BCUT2D eigenvalue weighted by molar-refractivity contribution is 5.48. The standard InChI is InChI=1S/C13H10N4O3/c14-6-9-2-1-3-11(4-9)20-13-12(17(18)19)5-10(7-15)8-16-13/h1-5,8H,6,14H2. The van der Waals surface area contributed by atoms with Gasteiger partial charge in [-0.1, -0.05) is 12.1 Å². The van der Waals surface area contributed by atoms with Gasteiger partial charge in [0.25, 0.3) is 5.88 Å². The molecular weight excluding hydrogens is 260 g/mol. The Morgan fingerprint density at radius 3 is 2.90 bits per heavy atom. The number of nitrogens with zero attached hydrogens (tertiary/aromatic N) is 3. The Morgan fingerprint density at radius 1 is 1.45 bits per heavy atom.